The van der Waals surface area contributed by atoms with Crippen LogP contribution in [0, 0.1) is 5.41 Å². The van der Waals surface area contributed by atoms with Crippen molar-refractivity contribution in [3.63, 3.8) is 0 Å². The summed E-state index contributed by atoms with van der Waals surface area (Å²) in [4.78, 5) is 0. The van der Waals surface area contributed by atoms with Crippen LogP contribution >= 0.6 is 11.6 Å². The highest BCUT2D eigenvalue weighted by atomic mass is 35.5. The SMILES string of the molecule is COc1ccc(Cl)c(NC2CCC(C)(C)CC2)c1. The van der Waals surface area contributed by atoms with Crippen LogP contribution in [-0.4, -0.2) is 13.2 Å². The smallest absolute Gasteiger partial charge is 0.121 e. The molecule has 1 aromatic carbocycles. The van der Waals surface area contributed by atoms with Crippen LogP contribution in [0.15, 0.2) is 18.2 Å². The number of methoxy groups -OCH3 is 1. The minimum Gasteiger partial charge on any atom is -0.497 e. The first-order valence-corrected chi connectivity index (χ1v) is 6.98. The molecule has 1 saturated carbocycles. The Bertz CT molecular complexity index is 407. The van der Waals surface area contributed by atoms with Crippen LogP contribution in [0.1, 0.15) is 39.5 Å². The van der Waals surface area contributed by atoms with E-state index in [1.165, 1.54) is 25.7 Å². The summed E-state index contributed by atoms with van der Waals surface area (Å²) in [7, 11) is 1.68. The van der Waals surface area contributed by atoms with Crippen molar-refractivity contribution in [2.75, 3.05) is 12.4 Å². The zero-order valence-electron chi connectivity index (χ0n) is 11.4. The van der Waals surface area contributed by atoms with E-state index in [0.717, 1.165) is 16.5 Å². The molecule has 0 heterocycles. The highest BCUT2D eigenvalue weighted by molar-refractivity contribution is 6.33. The Hall–Kier alpha value is -0.890. The zero-order chi connectivity index (χ0) is 13.2. The van der Waals surface area contributed by atoms with Gasteiger partial charge in [0, 0.05) is 12.1 Å². The highest BCUT2D eigenvalue weighted by Crippen LogP contribution is 2.37. The molecule has 100 valence electrons. The summed E-state index contributed by atoms with van der Waals surface area (Å²) in [5.41, 5.74) is 1.48. The van der Waals surface area contributed by atoms with Gasteiger partial charge in [0.15, 0.2) is 0 Å². The van der Waals surface area contributed by atoms with Gasteiger partial charge in [0.2, 0.25) is 0 Å². The summed E-state index contributed by atoms with van der Waals surface area (Å²) in [6.45, 7) is 4.70. The number of anilines is 1. The van der Waals surface area contributed by atoms with E-state index in [9.17, 15) is 0 Å². The molecular formula is C15H22ClNO. The lowest BCUT2D eigenvalue weighted by Crippen LogP contribution is -2.29. The third kappa shape index (κ3) is 3.32. The molecule has 0 aliphatic heterocycles. The highest BCUT2D eigenvalue weighted by Gasteiger charge is 2.26. The molecule has 1 fully saturated rings. The van der Waals surface area contributed by atoms with Crippen LogP contribution in [0.4, 0.5) is 5.69 Å². The van der Waals surface area contributed by atoms with E-state index in [1.807, 2.05) is 18.2 Å². The second-order valence-corrected chi connectivity index (χ2v) is 6.34. The van der Waals surface area contributed by atoms with E-state index in [2.05, 4.69) is 19.2 Å². The molecule has 0 atom stereocenters. The fourth-order valence-electron chi connectivity index (χ4n) is 2.51. The maximum Gasteiger partial charge on any atom is 0.121 e. The molecule has 0 amide bonds. The number of hydrogen-bond acceptors (Lipinski definition) is 2. The maximum absolute atomic E-state index is 6.21. The minimum absolute atomic E-state index is 0.496. The van der Waals surface area contributed by atoms with Crippen LogP contribution in [0.25, 0.3) is 0 Å². The third-order valence-corrected chi connectivity index (χ3v) is 4.20. The predicted octanol–water partition coefficient (Wildman–Crippen LogP) is 4.73. The number of benzene rings is 1. The van der Waals surface area contributed by atoms with Crippen LogP contribution in [0.2, 0.25) is 5.02 Å². The summed E-state index contributed by atoms with van der Waals surface area (Å²) in [5.74, 6) is 0.845. The normalized spacial score (nSPS) is 19.6. The Morgan fingerprint density at radius 2 is 1.94 bits per heavy atom. The Morgan fingerprint density at radius 1 is 1.28 bits per heavy atom. The Balaban J connectivity index is 2.01. The van der Waals surface area contributed by atoms with E-state index in [-0.39, 0.29) is 0 Å². The van der Waals surface area contributed by atoms with E-state index in [1.54, 1.807) is 7.11 Å². The van der Waals surface area contributed by atoms with Crippen molar-refractivity contribution in [2.24, 2.45) is 5.41 Å². The van der Waals surface area contributed by atoms with E-state index in [0.29, 0.717) is 11.5 Å². The maximum atomic E-state index is 6.21. The first kappa shape index (κ1) is 13.5. The van der Waals surface area contributed by atoms with Gasteiger partial charge < -0.3 is 10.1 Å². The molecule has 0 saturated heterocycles. The van der Waals surface area contributed by atoms with Crippen LogP contribution < -0.4 is 10.1 Å². The van der Waals surface area contributed by atoms with Crippen molar-refractivity contribution in [3.8, 4) is 5.75 Å². The number of rotatable bonds is 3. The molecular weight excluding hydrogens is 246 g/mol. The molecule has 1 aliphatic carbocycles. The lowest BCUT2D eigenvalue weighted by atomic mass is 9.75. The molecule has 0 bridgehead atoms. The summed E-state index contributed by atoms with van der Waals surface area (Å²) in [5, 5.41) is 4.31. The second kappa shape index (κ2) is 5.40. The minimum atomic E-state index is 0.496. The lowest BCUT2D eigenvalue weighted by molar-refractivity contribution is 0.232. The van der Waals surface area contributed by atoms with Gasteiger partial charge in [-0.15, -0.1) is 0 Å². The van der Waals surface area contributed by atoms with Crippen LogP contribution in [-0.2, 0) is 0 Å². The number of hydrogen-bond donors (Lipinski definition) is 1. The summed E-state index contributed by atoms with van der Waals surface area (Å²) in [6.07, 6.45) is 4.96. The number of halogens is 1. The molecule has 1 aliphatic rings. The number of nitrogens with one attached hydrogen (secondary N) is 1. The first-order valence-electron chi connectivity index (χ1n) is 6.60. The molecule has 1 aromatic rings. The van der Waals surface area contributed by atoms with E-state index in [4.69, 9.17) is 16.3 Å². The molecule has 0 radical (unpaired) electrons. The van der Waals surface area contributed by atoms with Gasteiger partial charge in [0.1, 0.15) is 5.75 Å². The summed E-state index contributed by atoms with van der Waals surface area (Å²) < 4.78 is 5.23. The Morgan fingerprint density at radius 3 is 2.56 bits per heavy atom. The van der Waals surface area contributed by atoms with Crippen molar-refractivity contribution in [1.82, 2.24) is 0 Å². The molecule has 0 aromatic heterocycles. The zero-order valence-corrected chi connectivity index (χ0v) is 12.2. The van der Waals surface area contributed by atoms with Gasteiger partial charge in [-0.2, -0.15) is 0 Å². The van der Waals surface area contributed by atoms with Crippen molar-refractivity contribution in [2.45, 2.75) is 45.6 Å². The Labute approximate surface area is 115 Å². The van der Waals surface area contributed by atoms with Gasteiger partial charge in [0.25, 0.3) is 0 Å². The van der Waals surface area contributed by atoms with Crippen molar-refractivity contribution >= 4 is 17.3 Å². The van der Waals surface area contributed by atoms with Gasteiger partial charge in [-0.3, -0.25) is 0 Å². The summed E-state index contributed by atoms with van der Waals surface area (Å²) in [6, 6.07) is 6.28. The van der Waals surface area contributed by atoms with Crippen molar-refractivity contribution in [1.29, 1.82) is 0 Å². The molecule has 1 N–H and O–H groups in total. The second-order valence-electron chi connectivity index (χ2n) is 5.93. The average Bonchev–Trinajstić information content (AvgIpc) is 2.34. The average molecular weight is 268 g/mol. The molecule has 18 heavy (non-hydrogen) atoms. The Kier molecular flexibility index (Phi) is 4.06. The molecule has 0 unspecified atom stereocenters. The van der Waals surface area contributed by atoms with E-state index >= 15 is 0 Å². The van der Waals surface area contributed by atoms with Gasteiger partial charge >= 0.3 is 0 Å². The fourth-order valence-corrected chi connectivity index (χ4v) is 2.68. The topological polar surface area (TPSA) is 21.3 Å². The van der Waals surface area contributed by atoms with Gasteiger partial charge in [-0.1, -0.05) is 25.4 Å². The van der Waals surface area contributed by atoms with Gasteiger partial charge in [0.05, 0.1) is 17.8 Å². The standard InChI is InChI=1S/C15H22ClNO/c1-15(2)8-6-11(7-9-15)17-14-10-12(18-3)4-5-13(14)16/h4-5,10-11,17H,6-9H2,1-3H3. The predicted molar refractivity (Wildman–Crippen MR) is 77.7 cm³/mol. The molecule has 0 spiro atoms. The van der Waals surface area contributed by atoms with Crippen molar-refractivity contribution in [3.05, 3.63) is 23.2 Å². The fraction of sp³-hybridized carbons (Fsp3) is 0.600. The largest absolute Gasteiger partial charge is 0.497 e. The lowest BCUT2D eigenvalue weighted by Gasteiger charge is -2.35. The monoisotopic (exact) mass is 267 g/mol. The third-order valence-electron chi connectivity index (χ3n) is 3.87. The van der Waals surface area contributed by atoms with E-state index < -0.39 is 0 Å². The number of ether oxygens (including phenoxy) is 1. The first-order chi connectivity index (χ1) is 8.50. The molecule has 3 heteroatoms. The molecule has 2 nitrogen and oxygen atoms in total. The molecule has 2 rings (SSSR count). The van der Waals surface area contributed by atoms with Gasteiger partial charge in [-0.05, 0) is 43.2 Å². The quantitative estimate of drug-likeness (QED) is 0.855. The van der Waals surface area contributed by atoms with Crippen LogP contribution in [0.5, 0.6) is 5.75 Å². The van der Waals surface area contributed by atoms with Gasteiger partial charge in [-0.25, -0.2) is 0 Å². The van der Waals surface area contributed by atoms with Crippen LogP contribution in [0.3, 0.4) is 0 Å². The van der Waals surface area contributed by atoms with Crippen molar-refractivity contribution < 1.29 is 4.74 Å². The summed E-state index contributed by atoms with van der Waals surface area (Å²) >= 11 is 6.21.